The van der Waals surface area contributed by atoms with E-state index < -0.39 is 0 Å². The first-order valence-electron chi connectivity index (χ1n) is 7.07. The van der Waals surface area contributed by atoms with Crippen LogP contribution in [0.1, 0.15) is 42.3 Å². The smallest absolute Gasteiger partial charge is 0.105 e. The molecule has 0 aliphatic carbocycles. The van der Waals surface area contributed by atoms with Gasteiger partial charge in [-0.25, -0.2) is 9.97 Å². The van der Waals surface area contributed by atoms with E-state index >= 15 is 0 Å². The first kappa shape index (κ1) is 13.8. The summed E-state index contributed by atoms with van der Waals surface area (Å²) in [5.41, 5.74) is 2.53. The molecule has 0 atom stereocenters. The largest absolute Gasteiger partial charge is 0.333 e. The summed E-state index contributed by atoms with van der Waals surface area (Å²) in [6, 6.07) is 0. The van der Waals surface area contributed by atoms with Crippen LogP contribution in [0.25, 0.3) is 0 Å². The summed E-state index contributed by atoms with van der Waals surface area (Å²) in [6.45, 7) is 10.6. The third-order valence-corrected chi connectivity index (χ3v) is 3.77. The number of unbranched alkanes of at least 4 members (excludes halogenated alkanes) is 2. The molecule has 0 aliphatic heterocycles. The zero-order chi connectivity index (χ0) is 13.8. The van der Waals surface area contributed by atoms with Gasteiger partial charge in [-0.05, 0) is 47.0 Å². The van der Waals surface area contributed by atoms with Crippen molar-refractivity contribution < 1.29 is 0 Å². The standard InChI is InChI=1S/C15H24N4/c1-12-10-16-14(3)18(12)8-6-5-7-9-19-13(2)11-17-15(19)4/h10-11H,5-9H2,1-4H3. The molecule has 4 nitrogen and oxygen atoms in total. The van der Waals surface area contributed by atoms with Gasteiger partial charge in [-0.1, -0.05) is 0 Å². The van der Waals surface area contributed by atoms with E-state index in [9.17, 15) is 0 Å². The van der Waals surface area contributed by atoms with E-state index in [1.807, 2.05) is 12.4 Å². The van der Waals surface area contributed by atoms with E-state index in [0.29, 0.717) is 0 Å². The molecule has 0 fully saturated rings. The van der Waals surface area contributed by atoms with E-state index in [1.54, 1.807) is 0 Å². The Morgan fingerprint density at radius 3 is 1.47 bits per heavy atom. The highest BCUT2D eigenvalue weighted by atomic mass is 15.1. The van der Waals surface area contributed by atoms with Crippen LogP contribution in [0.3, 0.4) is 0 Å². The lowest BCUT2D eigenvalue weighted by Gasteiger charge is -2.09. The predicted molar refractivity (Wildman–Crippen MR) is 77.3 cm³/mol. The minimum absolute atomic E-state index is 1.08. The van der Waals surface area contributed by atoms with Gasteiger partial charge in [-0.2, -0.15) is 0 Å². The molecule has 0 amide bonds. The molecule has 0 radical (unpaired) electrons. The average molecular weight is 260 g/mol. The van der Waals surface area contributed by atoms with Gasteiger partial charge in [0.2, 0.25) is 0 Å². The van der Waals surface area contributed by atoms with Crippen LogP contribution in [0.4, 0.5) is 0 Å². The molecular weight excluding hydrogens is 236 g/mol. The van der Waals surface area contributed by atoms with Gasteiger partial charge < -0.3 is 9.13 Å². The quantitative estimate of drug-likeness (QED) is 0.748. The maximum Gasteiger partial charge on any atom is 0.105 e. The van der Waals surface area contributed by atoms with Gasteiger partial charge in [-0.15, -0.1) is 0 Å². The second-order valence-electron chi connectivity index (χ2n) is 5.26. The van der Waals surface area contributed by atoms with Crippen molar-refractivity contribution in [1.29, 1.82) is 0 Å². The summed E-state index contributed by atoms with van der Waals surface area (Å²) < 4.78 is 4.60. The van der Waals surface area contributed by atoms with Crippen LogP contribution >= 0.6 is 0 Å². The van der Waals surface area contributed by atoms with Gasteiger partial charge in [0.1, 0.15) is 11.6 Å². The Hall–Kier alpha value is -1.58. The lowest BCUT2D eigenvalue weighted by molar-refractivity contribution is 0.527. The lowest BCUT2D eigenvalue weighted by Crippen LogP contribution is -2.05. The fourth-order valence-electron chi connectivity index (χ4n) is 2.56. The molecule has 0 N–H and O–H groups in total. The maximum absolute atomic E-state index is 4.33. The van der Waals surface area contributed by atoms with E-state index in [0.717, 1.165) is 24.7 Å². The van der Waals surface area contributed by atoms with Crippen molar-refractivity contribution in [3.05, 3.63) is 35.4 Å². The van der Waals surface area contributed by atoms with Crippen LogP contribution in [0.5, 0.6) is 0 Å². The predicted octanol–water partition coefficient (Wildman–Crippen LogP) is 3.18. The molecule has 2 aromatic rings. The van der Waals surface area contributed by atoms with Gasteiger partial charge in [0.05, 0.1) is 0 Å². The first-order chi connectivity index (χ1) is 9.09. The SMILES string of the molecule is Cc1cnc(C)n1CCCCCn1c(C)cnc1C. The van der Waals surface area contributed by atoms with E-state index in [2.05, 4.69) is 46.8 Å². The highest BCUT2D eigenvalue weighted by Gasteiger charge is 2.03. The minimum atomic E-state index is 1.08. The Kier molecular flexibility index (Phi) is 4.40. The Morgan fingerprint density at radius 2 is 1.16 bits per heavy atom. The van der Waals surface area contributed by atoms with Gasteiger partial charge in [-0.3, -0.25) is 0 Å². The molecule has 2 rings (SSSR count). The molecule has 4 heteroatoms. The maximum atomic E-state index is 4.33. The normalized spacial score (nSPS) is 11.2. The van der Waals surface area contributed by atoms with Crippen LogP contribution in [-0.4, -0.2) is 19.1 Å². The molecule has 0 saturated heterocycles. The molecule has 2 aromatic heterocycles. The topological polar surface area (TPSA) is 35.6 Å². The summed E-state index contributed by atoms with van der Waals surface area (Å²) >= 11 is 0. The Labute approximate surface area is 115 Å². The molecule has 2 heterocycles. The highest BCUT2D eigenvalue weighted by molar-refractivity contribution is 5.02. The van der Waals surface area contributed by atoms with E-state index in [-0.39, 0.29) is 0 Å². The summed E-state index contributed by atoms with van der Waals surface area (Å²) in [7, 11) is 0. The Bertz CT molecular complexity index is 449. The molecule has 0 spiro atoms. The molecule has 104 valence electrons. The Balaban J connectivity index is 1.73. The molecule has 19 heavy (non-hydrogen) atoms. The number of hydrogen-bond acceptors (Lipinski definition) is 2. The molecule has 0 saturated carbocycles. The van der Waals surface area contributed by atoms with E-state index in [4.69, 9.17) is 0 Å². The number of nitrogens with zero attached hydrogens (tertiary/aromatic N) is 4. The van der Waals surface area contributed by atoms with Gasteiger partial charge >= 0.3 is 0 Å². The number of aryl methyl sites for hydroxylation is 4. The van der Waals surface area contributed by atoms with Gasteiger partial charge in [0, 0.05) is 36.9 Å². The zero-order valence-corrected chi connectivity index (χ0v) is 12.5. The van der Waals surface area contributed by atoms with Crippen LogP contribution in [0, 0.1) is 27.7 Å². The summed E-state index contributed by atoms with van der Waals surface area (Å²) in [4.78, 5) is 8.66. The second kappa shape index (κ2) is 6.04. The number of rotatable bonds is 6. The molecule has 0 unspecified atom stereocenters. The second-order valence-corrected chi connectivity index (χ2v) is 5.26. The van der Waals surface area contributed by atoms with Crippen molar-refractivity contribution in [3.8, 4) is 0 Å². The lowest BCUT2D eigenvalue weighted by atomic mass is 10.2. The first-order valence-corrected chi connectivity index (χ1v) is 7.07. The number of aromatic nitrogens is 4. The summed E-state index contributed by atoms with van der Waals surface area (Å²) in [6.07, 6.45) is 7.57. The van der Waals surface area contributed by atoms with Crippen molar-refractivity contribution in [2.45, 2.75) is 60.0 Å². The van der Waals surface area contributed by atoms with Crippen molar-refractivity contribution in [2.24, 2.45) is 0 Å². The Morgan fingerprint density at radius 1 is 0.737 bits per heavy atom. The van der Waals surface area contributed by atoms with Crippen molar-refractivity contribution >= 4 is 0 Å². The fourth-order valence-corrected chi connectivity index (χ4v) is 2.56. The highest BCUT2D eigenvalue weighted by Crippen LogP contribution is 2.09. The van der Waals surface area contributed by atoms with Crippen LogP contribution in [0.15, 0.2) is 12.4 Å². The minimum Gasteiger partial charge on any atom is -0.333 e. The monoisotopic (exact) mass is 260 g/mol. The zero-order valence-electron chi connectivity index (χ0n) is 12.5. The molecule has 0 bridgehead atoms. The van der Waals surface area contributed by atoms with Gasteiger partial charge in [0.15, 0.2) is 0 Å². The van der Waals surface area contributed by atoms with E-state index in [1.165, 1.54) is 30.7 Å². The van der Waals surface area contributed by atoms with Crippen LogP contribution < -0.4 is 0 Å². The number of imidazole rings is 2. The van der Waals surface area contributed by atoms with Crippen LogP contribution in [-0.2, 0) is 13.1 Å². The average Bonchev–Trinajstić information content (AvgIpc) is 2.86. The molecule has 0 aliphatic rings. The molecule has 0 aromatic carbocycles. The van der Waals surface area contributed by atoms with Gasteiger partial charge in [0.25, 0.3) is 0 Å². The third-order valence-electron chi connectivity index (χ3n) is 3.77. The third kappa shape index (κ3) is 3.25. The molecular formula is C15H24N4. The van der Waals surface area contributed by atoms with Crippen LogP contribution in [0.2, 0.25) is 0 Å². The summed E-state index contributed by atoms with van der Waals surface area (Å²) in [5.74, 6) is 2.25. The van der Waals surface area contributed by atoms with Crippen molar-refractivity contribution in [2.75, 3.05) is 0 Å². The van der Waals surface area contributed by atoms with Crippen molar-refractivity contribution in [3.63, 3.8) is 0 Å². The number of hydrogen-bond donors (Lipinski definition) is 0. The summed E-state index contributed by atoms with van der Waals surface area (Å²) in [5, 5.41) is 0. The van der Waals surface area contributed by atoms with Crippen molar-refractivity contribution in [1.82, 2.24) is 19.1 Å². The fraction of sp³-hybridized carbons (Fsp3) is 0.600.